The molecule has 158 valence electrons. The second-order valence-corrected chi connectivity index (χ2v) is 9.69. The summed E-state index contributed by atoms with van der Waals surface area (Å²) in [5, 5.41) is 0. The lowest BCUT2D eigenvalue weighted by atomic mass is 9.84. The van der Waals surface area contributed by atoms with E-state index in [0.29, 0.717) is 31.7 Å². The molecule has 0 bridgehead atoms. The van der Waals surface area contributed by atoms with Crippen molar-refractivity contribution < 1.29 is 22.7 Å². The summed E-state index contributed by atoms with van der Waals surface area (Å²) in [6.07, 6.45) is 4.70. The molecule has 1 aromatic carbocycles. The molecule has 0 unspecified atom stereocenters. The van der Waals surface area contributed by atoms with Crippen LogP contribution in [0.1, 0.15) is 42.5 Å². The van der Waals surface area contributed by atoms with Crippen LogP contribution in [0.15, 0.2) is 23.1 Å². The summed E-state index contributed by atoms with van der Waals surface area (Å²) in [5.41, 5.74) is 0.306. The van der Waals surface area contributed by atoms with Crippen LogP contribution in [-0.4, -0.2) is 69.4 Å². The smallest absolute Gasteiger partial charge is 0.254 e. The van der Waals surface area contributed by atoms with Gasteiger partial charge in [0.1, 0.15) is 10.6 Å². The van der Waals surface area contributed by atoms with E-state index in [1.54, 1.807) is 11.0 Å². The molecule has 3 fully saturated rings. The minimum Gasteiger partial charge on any atom is -0.495 e. The Morgan fingerprint density at radius 3 is 2.24 bits per heavy atom. The van der Waals surface area contributed by atoms with Gasteiger partial charge in [0.15, 0.2) is 0 Å². The number of ether oxygens (including phenoxy) is 1. The van der Waals surface area contributed by atoms with Gasteiger partial charge in [0.05, 0.1) is 7.11 Å². The average Bonchev–Trinajstić information content (AvgIpc) is 3.49. The molecule has 0 atom stereocenters. The highest BCUT2D eigenvalue weighted by Crippen LogP contribution is 2.30. The summed E-state index contributed by atoms with van der Waals surface area (Å²) in [4.78, 5) is 28.8. The summed E-state index contributed by atoms with van der Waals surface area (Å²) < 4.78 is 33.2. The second-order valence-electron chi connectivity index (χ2n) is 8.01. The predicted octanol–water partition coefficient (Wildman–Crippen LogP) is 1.22. The third-order valence-corrected chi connectivity index (χ3v) is 7.47. The van der Waals surface area contributed by atoms with Crippen molar-refractivity contribution in [3.05, 3.63) is 23.8 Å². The molecular formula is C20H27N3O5S. The number of hydrogen-bond acceptors (Lipinski definition) is 5. The zero-order chi connectivity index (χ0) is 20.6. The van der Waals surface area contributed by atoms with E-state index in [1.165, 1.54) is 19.2 Å². The molecule has 29 heavy (non-hydrogen) atoms. The third-order valence-electron chi connectivity index (χ3n) is 5.93. The second kappa shape index (κ2) is 7.95. The Hall–Kier alpha value is -2.13. The van der Waals surface area contributed by atoms with Gasteiger partial charge in [0, 0.05) is 43.7 Å². The fourth-order valence-corrected chi connectivity index (χ4v) is 5.23. The van der Waals surface area contributed by atoms with Crippen LogP contribution in [0.25, 0.3) is 0 Å². The number of hydrogen-bond donors (Lipinski definition) is 1. The van der Waals surface area contributed by atoms with Crippen LogP contribution in [0.4, 0.5) is 0 Å². The molecule has 1 heterocycles. The van der Waals surface area contributed by atoms with Crippen molar-refractivity contribution in [2.45, 2.75) is 43.0 Å². The van der Waals surface area contributed by atoms with Crippen LogP contribution in [0, 0.1) is 5.92 Å². The van der Waals surface area contributed by atoms with Gasteiger partial charge in [-0.25, -0.2) is 13.1 Å². The number of carbonyl (C=O) groups excluding carboxylic acids is 2. The van der Waals surface area contributed by atoms with Gasteiger partial charge in [-0.05, 0) is 43.9 Å². The minimum atomic E-state index is -3.75. The van der Waals surface area contributed by atoms with E-state index < -0.39 is 10.0 Å². The number of piperazine rings is 1. The van der Waals surface area contributed by atoms with Gasteiger partial charge in [-0.1, -0.05) is 6.42 Å². The Morgan fingerprint density at radius 1 is 1.03 bits per heavy atom. The predicted molar refractivity (Wildman–Crippen MR) is 106 cm³/mol. The fraction of sp³-hybridized carbons (Fsp3) is 0.600. The maximum atomic E-state index is 13.0. The van der Waals surface area contributed by atoms with E-state index in [2.05, 4.69) is 4.72 Å². The molecule has 8 nitrogen and oxygen atoms in total. The van der Waals surface area contributed by atoms with Crippen LogP contribution in [-0.2, 0) is 14.8 Å². The van der Waals surface area contributed by atoms with Gasteiger partial charge in [0.25, 0.3) is 5.91 Å². The van der Waals surface area contributed by atoms with Gasteiger partial charge in [-0.15, -0.1) is 0 Å². The van der Waals surface area contributed by atoms with Gasteiger partial charge < -0.3 is 14.5 Å². The minimum absolute atomic E-state index is 0.0171. The van der Waals surface area contributed by atoms with E-state index in [1.807, 2.05) is 4.90 Å². The Labute approximate surface area is 171 Å². The number of amides is 2. The molecule has 1 aliphatic heterocycles. The van der Waals surface area contributed by atoms with Crippen molar-refractivity contribution in [1.82, 2.24) is 14.5 Å². The number of nitrogens with zero attached hydrogens (tertiary/aromatic N) is 2. The fourth-order valence-electron chi connectivity index (χ4n) is 3.73. The van der Waals surface area contributed by atoms with E-state index in [-0.39, 0.29) is 34.4 Å². The van der Waals surface area contributed by atoms with Crippen molar-refractivity contribution in [3.8, 4) is 5.75 Å². The van der Waals surface area contributed by atoms with E-state index in [4.69, 9.17) is 4.74 Å². The molecule has 4 rings (SSSR count). The standard InChI is InChI=1S/C20H27N3O5S/c1-28-17-8-5-15(13-18(17)29(26,27)21-16-6-7-16)20(25)23-11-9-22(10-12-23)19(24)14-3-2-4-14/h5,8,13-14,16,21H,2-4,6-7,9-12H2,1H3. The largest absolute Gasteiger partial charge is 0.495 e. The molecule has 3 aliphatic rings. The number of carbonyl (C=O) groups is 2. The first-order valence-electron chi connectivity index (χ1n) is 10.2. The lowest BCUT2D eigenvalue weighted by Gasteiger charge is -2.38. The lowest BCUT2D eigenvalue weighted by Crippen LogP contribution is -2.52. The number of benzene rings is 1. The Balaban J connectivity index is 1.46. The molecule has 0 aromatic heterocycles. The number of methoxy groups -OCH3 is 1. The van der Waals surface area contributed by atoms with E-state index in [9.17, 15) is 18.0 Å². The molecule has 1 N–H and O–H groups in total. The van der Waals surface area contributed by atoms with E-state index in [0.717, 1.165) is 32.1 Å². The highest BCUT2D eigenvalue weighted by molar-refractivity contribution is 7.89. The molecule has 2 amide bonds. The van der Waals surface area contributed by atoms with Crippen molar-refractivity contribution in [1.29, 1.82) is 0 Å². The van der Waals surface area contributed by atoms with Gasteiger partial charge in [-0.2, -0.15) is 0 Å². The normalized spacial score (nSPS) is 20.3. The van der Waals surface area contributed by atoms with Gasteiger partial charge >= 0.3 is 0 Å². The van der Waals surface area contributed by atoms with Crippen LogP contribution in [0.3, 0.4) is 0 Å². The highest BCUT2D eigenvalue weighted by Gasteiger charge is 2.33. The molecule has 0 radical (unpaired) electrons. The van der Waals surface area contributed by atoms with Crippen LogP contribution in [0.5, 0.6) is 5.75 Å². The van der Waals surface area contributed by atoms with Crippen molar-refractivity contribution >= 4 is 21.8 Å². The SMILES string of the molecule is COc1ccc(C(=O)N2CCN(C(=O)C3CCC3)CC2)cc1S(=O)(=O)NC1CC1. The molecule has 1 saturated heterocycles. The maximum absolute atomic E-state index is 13.0. The average molecular weight is 422 g/mol. The number of sulfonamides is 1. The van der Waals surface area contributed by atoms with Crippen LogP contribution in [0.2, 0.25) is 0 Å². The summed E-state index contributed by atoms with van der Waals surface area (Å²) in [6.45, 7) is 1.94. The Kier molecular flexibility index (Phi) is 5.52. The van der Waals surface area contributed by atoms with Crippen LogP contribution >= 0.6 is 0 Å². The zero-order valence-corrected chi connectivity index (χ0v) is 17.4. The summed E-state index contributed by atoms with van der Waals surface area (Å²) in [7, 11) is -2.34. The van der Waals surface area contributed by atoms with Gasteiger partial charge in [-0.3, -0.25) is 9.59 Å². The summed E-state index contributed by atoms with van der Waals surface area (Å²) in [6, 6.07) is 4.46. The Bertz CT molecular complexity index is 901. The summed E-state index contributed by atoms with van der Waals surface area (Å²) in [5.74, 6) is 0.342. The first kappa shape index (κ1) is 20.2. The zero-order valence-electron chi connectivity index (χ0n) is 16.6. The Morgan fingerprint density at radius 2 is 1.69 bits per heavy atom. The van der Waals surface area contributed by atoms with Crippen LogP contribution < -0.4 is 9.46 Å². The molecule has 2 aliphatic carbocycles. The molecule has 9 heteroatoms. The molecule has 2 saturated carbocycles. The van der Waals surface area contributed by atoms with Crippen molar-refractivity contribution in [2.24, 2.45) is 5.92 Å². The number of rotatable bonds is 6. The first-order chi connectivity index (χ1) is 13.9. The topological polar surface area (TPSA) is 96.0 Å². The highest BCUT2D eigenvalue weighted by atomic mass is 32.2. The first-order valence-corrected chi connectivity index (χ1v) is 11.7. The number of nitrogens with one attached hydrogen (secondary N) is 1. The molecule has 0 spiro atoms. The van der Waals surface area contributed by atoms with Crippen molar-refractivity contribution in [2.75, 3.05) is 33.3 Å². The maximum Gasteiger partial charge on any atom is 0.254 e. The summed E-state index contributed by atoms with van der Waals surface area (Å²) >= 11 is 0. The third kappa shape index (κ3) is 4.25. The quantitative estimate of drug-likeness (QED) is 0.745. The molecule has 1 aromatic rings. The molecular weight excluding hydrogens is 394 g/mol. The monoisotopic (exact) mass is 421 g/mol. The lowest BCUT2D eigenvalue weighted by molar-refractivity contribution is -0.139. The van der Waals surface area contributed by atoms with Crippen molar-refractivity contribution in [3.63, 3.8) is 0 Å². The van der Waals surface area contributed by atoms with E-state index >= 15 is 0 Å². The van der Waals surface area contributed by atoms with Gasteiger partial charge in [0.2, 0.25) is 15.9 Å².